The standard InChI is InChI=1S/C13H16N2O2/c1-2-15-11-5-3-4-10(9-6-7-17-8-9)12(11)14-13(15)16/h3-5,9H,2,6-8H2,1H3,(H,14,16). The van der Waals surface area contributed by atoms with Gasteiger partial charge in [-0.05, 0) is 25.0 Å². The van der Waals surface area contributed by atoms with E-state index in [0.29, 0.717) is 12.5 Å². The van der Waals surface area contributed by atoms with Crippen LogP contribution < -0.4 is 5.69 Å². The average molecular weight is 232 g/mol. The van der Waals surface area contributed by atoms with Crippen LogP contribution in [0.2, 0.25) is 0 Å². The van der Waals surface area contributed by atoms with Gasteiger partial charge in [-0.2, -0.15) is 0 Å². The minimum atomic E-state index is -0.0196. The van der Waals surface area contributed by atoms with E-state index in [0.717, 1.165) is 30.7 Å². The van der Waals surface area contributed by atoms with Gasteiger partial charge >= 0.3 is 5.69 Å². The van der Waals surface area contributed by atoms with Crippen LogP contribution in [0, 0.1) is 0 Å². The van der Waals surface area contributed by atoms with Crippen LogP contribution in [-0.2, 0) is 11.3 Å². The molecule has 1 saturated heterocycles. The summed E-state index contributed by atoms with van der Waals surface area (Å²) in [6.45, 7) is 4.27. The van der Waals surface area contributed by atoms with E-state index in [9.17, 15) is 4.79 Å². The summed E-state index contributed by atoms with van der Waals surface area (Å²) in [7, 11) is 0. The molecular formula is C13H16N2O2. The summed E-state index contributed by atoms with van der Waals surface area (Å²) < 4.78 is 7.20. The van der Waals surface area contributed by atoms with Crippen molar-refractivity contribution in [1.29, 1.82) is 0 Å². The van der Waals surface area contributed by atoms with Gasteiger partial charge in [-0.1, -0.05) is 12.1 Å². The van der Waals surface area contributed by atoms with Gasteiger partial charge in [0, 0.05) is 19.1 Å². The Balaban J connectivity index is 2.22. The number of aryl methyl sites for hydroxylation is 1. The normalized spacial score (nSPS) is 20.2. The highest BCUT2D eigenvalue weighted by molar-refractivity contribution is 5.79. The number of para-hydroxylation sites is 1. The van der Waals surface area contributed by atoms with Crippen molar-refractivity contribution in [3.63, 3.8) is 0 Å². The molecule has 3 rings (SSSR count). The van der Waals surface area contributed by atoms with Gasteiger partial charge in [0.2, 0.25) is 0 Å². The van der Waals surface area contributed by atoms with Crippen LogP contribution in [-0.4, -0.2) is 22.8 Å². The maximum absolute atomic E-state index is 11.8. The van der Waals surface area contributed by atoms with Gasteiger partial charge in [0.15, 0.2) is 0 Å². The van der Waals surface area contributed by atoms with Gasteiger partial charge in [-0.3, -0.25) is 4.57 Å². The number of hydrogen-bond acceptors (Lipinski definition) is 2. The molecule has 0 amide bonds. The summed E-state index contributed by atoms with van der Waals surface area (Å²) in [6, 6.07) is 6.11. The van der Waals surface area contributed by atoms with E-state index in [2.05, 4.69) is 11.1 Å². The zero-order chi connectivity index (χ0) is 11.8. The van der Waals surface area contributed by atoms with E-state index >= 15 is 0 Å². The van der Waals surface area contributed by atoms with Crippen molar-refractivity contribution in [2.45, 2.75) is 25.8 Å². The molecule has 1 unspecified atom stereocenters. The van der Waals surface area contributed by atoms with E-state index in [-0.39, 0.29) is 5.69 Å². The quantitative estimate of drug-likeness (QED) is 0.859. The summed E-state index contributed by atoms with van der Waals surface area (Å²) in [4.78, 5) is 14.8. The predicted molar refractivity (Wildman–Crippen MR) is 66.4 cm³/mol. The van der Waals surface area contributed by atoms with Crippen LogP contribution >= 0.6 is 0 Å². The van der Waals surface area contributed by atoms with E-state index in [1.165, 1.54) is 5.56 Å². The SMILES string of the molecule is CCn1c(=O)[nH]c2c(C3CCOC3)cccc21. The van der Waals surface area contributed by atoms with Gasteiger partial charge in [0.1, 0.15) is 0 Å². The predicted octanol–water partition coefficient (Wildman–Crippen LogP) is 1.85. The van der Waals surface area contributed by atoms with Gasteiger partial charge in [-0.15, -0.1) is 0 Å². The fourth-order valence-corrected chi connectivity index (χ4v) is 2.64. The van der Waals surface area contributed by atoms with Crippen LogP contribution in [0.3, 0.4) is 0 Å². The number of benzene rings is 1. The van der Waals surface area contributed by atoms with E-state index in [1.54, 1.807) is 4.57 Å². The number of ether oxygens (including phenoxy) is 1. The Hall–Kier alpha value is -1.55. The molecule has 0 saturated carbocycles. The third-order valence-corrected chi connectivity index (χ3v) is 3.53. The molecule has 0 radical (unpaired) electrons. The van der Waals surface area contributed by atoms with Crippen LogP contribution in [0.1, 0.15) is 24.8 Å². The maximum Gasteiger partial charge on any atom is 0.326 e. The maximum atomic E-state index is 11.8. The topological polar surface area (TPSA) is 47.0 Å². The summed E-state index contributed by atoms with van der Waals surface area (Å²) in [5, 5.41) is 0. The summed E-state index contributed by atoms with van der Waals surface area (Å²) in [5.41, 5.74) is 3.18. The number of fused-ring (bicyclic) bond motifs is 1. The van der Waals surface area contributed by atoms with Gasteiger partial charge in [0.25, 0.3) is 0 Å². The molecule has 1 aromatic carbocycles. The molecule has 4 nitrogen and oxygen atoms in total. The summed E-state index contributed by atoms with van der Waals surface area (Å²) in [5.74, 6) is 0.419. The van der Waals surface area contributed by atoms with Crippen molar-refractivity contribution in [3.8, 4) is 0 Å². The third kappa shape index (κ3) is 1.60. The molecule has 1 N–H and O–H groups in total. The van der Waals surface area contributed by atoms with Gasteiger partial charge in [-0.25, -0.2) is 4.79 Å². The lowest BCUT2D eigenvalue weighted by atomic mass is 9.97. The van der Waals surface area contributed by atoms with Gasteiger partial charge < -0.3 is 9.72 Å². The zero-order valence-electron chi connectivity index (χ0n) is 9.90. The molecule has 0 spiro atoms. The first kappa shape index (κ1) is 10.6. The molecule has 2 aromatic rings. The lowest BCUT2D eigenvalue weighted by Gasteiger charge is -2.09. The molecule has 0 bridgehead atoms. The molecule has 1 atom stereocenters. The molecule has 1 aliphatic rings. The number of aromatic amines is 1. The number of H-pyrrole nitrogens is 1. The van der Waals surface area contributed by atoms with Crippen LogP contribution in [0.25, 0.3) is 11.0 Å². The van der Waals surface area contributed by atoms with E-state index in [1.807, 2.05) is 19.1 Å². The van der Waals surface area contributed by atoms with Crippen molar-refractivity contribution in [1.82, 2.24) is 9.55 Å². The number of hydrogen-bond donors (Lipinski definition) is 1. The molecular weight excluding hydrogens is 216 g/mol. The van der Waals surface area contributed by atoms with Crippen molar-refractivity contribution in [3.05, 3.63) is 34.2 Å². The highest BCUT2D eigenvalue weighted by atomic mass is 16.5. The molecule has 17 heavy (non-hydrogen) atoms. The number of nitrogens with one attached hydrogen (secondary N) is 1. The summed E-state index contributed by atoms with van der Waals surface area (Å²) >= 11 is 0. The Kier molecular flexibility index (Phi) is 2.52. The highest BCUT2D eigenvalue weighted by Gasteiger charge is 2.21. The molecule has 2 heterocycles. The van der Waals surface area contributed by atoms with E-state index < -0.39 is 0 Å². The lowest BCUT2D eigenvalue weighted by molar-refractivity contribution is 0.194. The van der Waals surface area contributed by atoms with E-state index in [4.69, 9.17) is 4.74 Å². The fraction of sp³-hybridized carbons (Fsp3) is 0.462. The van der Waals surface area contributed by atoms with Crippen LogP contribution in [0.15, 0.2) is 23.0 Å². The largest absolute Gasteiger partial charge is 0.381 e. The van der Waals surface area contributed by atoms with Crippen LogP contribution in [0.5, 0.6) is 0 Å². The fourth-order valence-electron chi connectivity index (χ4n) is 2.64. The molecule has 1 fully saturated rings. The Bertz CT molecular complexity index is 591. The first-order chi connectivity index (χ1) is 8.31. The molecule has 90 valence electrons. The third-order valence-electron chi connectivity index (χ3n) is 3.53. The Morgan fingerprint density at radius 2 is 2.41 bits per heavy atom. The number of rotatable bonds is 2. The van der Waals surface area contributed by atoms with Crippen molar-refractivity contribution < 1.29 is 4.74 Å². The molecule has 1 aromatic heterocycles. The molecule has 1 aliphatic heterocycles. The monoisotopic (exact) mass is 232 g/mol. The van der Waals surface area contributed by atoms with Crippen molar-refractivity contribution in [2.24, 2.45) is 0 Å². The second kappa shape index (κ2) is 4.04. The smallest absolute Gasteiger partial charge is 0.326 e. The number of imidazole rings is 1. The Morgan fingerprint density at radius 3 is 3.12 bits per heavy atom. The Labute approximate surface area is 99.2 Å². The first-order valence-corrected chi connectivity index (χ1v) is 6.10. The minimum absolute atomic E-state index is 0.0196. The molecule has 0 aliphatic carbocycles. The highest BCUT2D eigenvalue weighted by Crippen LogP contribution is 2.29. The first-order valence-electron chi connectivity index (χ1n) is 6.10. The van der Waals surface area contributed by atoms with Crippen LogP contribution in [0.4, 0.5) is 0 Å². The Morgan fingerprint density at radius 1 is 1.53 bits per heavy atom. The van der Waals surface area contributed by atoms with Gasteiger partial charge in [0.05, 0.1) is 17.6 Å². The zero-order valence-corrected chi connectivity index (χ0v) is 9.90. The second-order valence-electron chi connectivity index (χ2n) is 4.48. The molecule has 4 heteroatoms. The summed E-state index contributed by atoms with van der Waals surface area (Å²) in [6.07, 6.45) is 1.04. The second-order valence-corrected chi connectivity index (χ2v) is 4.48. The lowest BCUT2D eigenvalue weighted by Crippen LogP contribution is -2.14. The number of aromatic nitrogens is 2. The minimum Gasteiger partial charge on any atom is -0.381 e. The number of nitrogens with zero attached hydrogens (tertiary/aromatic N) is 1. The van der Waals surface area contributed by atoms with Crippen molar-refractivity contribution in [2.75, 3.05) is 13.2 Å². The average Bonchev–Trinajstić information content (AvgIpc) is 2.94. The van der Waals surface area contributed by atoms with Crippen molar-refractivity contribution >= 4 is 11.0 Å².